The van der Waals surface area contributed by atoms with E-state index >= 15 is 0 Å². The first-order valence-corrected chi connectivity index (χ1v) is 8.41. The second-order valence-electron chi connectivity index (χ2n) is 6.52. The zero-order valence-corrected chi connectivity index (χ0v) is 13.4. The molecule has 0 aliphatic carbocycles. The van der Waals surface area contributed by atoms with Crippen molar-refractivity contribution in [3.63, 3.8) is 0 Å². The summed E-state index contributed by atoms with van der Waals surface area (Å²) in [6.07, 6.45) is 5.30. The molecule has 5 heteroatoms. The lowest BCUT2D eigenvalue weighted by molar-refractivity contribution is -0.138. The Bertz CT molecular complexity index is 373. The van der Waals surface area contributed by atoms with Gasteiger partial charge < -0.3 is 15.5 Å². The van der Waals surface area contributed by atoms with Gasteiger partial charge in [-0.3, -0.25) is 9.59 Å². The van der Waals surface area contributed by atoms with E-state index in [0.29, 0.717) is 19.0 Å². The number of rotatable bonds is 4. The lowest BCUT2D eigenvalue weighted by Crippen LogP contribution is -2.52. The molecule has 120 valence electrons. The molecule has 2 saturated heterocycles. The van der Waals surface area contributed by atoms with Crippen molar-refractivity contribution in [1.29, 1.82) is 0 Å². The summed E-state index contributed by atoms with van der Waals surface area (Å²) >= 11 is 0. The summed E-state index contributed by atoms with van der Waals surface area (Å²) in [5.41, 5.74) is 0. The first-order chi connectivity index (χ1) is 10.1. The number of nitrogens with zero attached hydrogens (tertiary/aromatic N) is 1. The Morgan fingerprint density at radius 2 is 2.14 bits per heavy atom. The van der Waals surface area contributed by atoms with E-state index in [9.17, 15) is 9.59 Å². The van der Waals surface area contributed by atoms with Gasteiger partial charge in [0.05, 0.1) is 0 Å². The summed E-state index contributed by atoms with van der Waals surface area (Å²) in [5.74, 6) is 0.566. The van der Waals surface area contributed by atoms with Gasteiger partial charge in [-0.1, -0.05) is 6.92 Å². The lowest BCUT2D eigenvalue weighted by atomic mass is 9.91. The molecule has 0 aromatic rings. The van der Waals surface area contributed by atoms with Crippen LogP contribution in [0.1, 0.15) is 52.4 Å². The number of hydrogen-bond donors (Lipinski definition) is 2. The van der Waals surface area contributed by atoms with Crippen LogP contribution in [0.3, 0.4) is 0 Å². The largest absolute Gasteiger partial charge is 0.352 e. The first-order valence-electron chi connectivity index (χ1n) is 8.41. The fraction of sp³-hybridized carbons (Fsp3) is 0.875. The van der Waals surface area contributed by atoms with Crippen molar-refractivity contribution < 1.29 is 9.59 Å². The number of piperidine rings is 2. The van der Waals surface area contributed by atoms with Gasteiger partial charge in [-0.05, 0) is 45.6 Å². The Labute approximate surface area is 127 Å². The minimum absolute atomic E-state index is 0.118. The van der Waals surface area contributed by atoms with Crippen molar-refractivity contribution in [1.82, 2.24) is 15.5 Å². The van der Waals surface area contributed by atoms with E-state index in [2.05, 4.69) is 17.6 Å². The normalized spacial score (nSPS) is 30.0. The second-order valence-corrected chi connectivity index (χ2v) is 6.52. The predicted molar refractivity (Wildman–Crippen MR) is 82.8 cm³/mol. The summed E-state index contributed by atoms with van der Waals surface area (Å²) < 4.78 is 0. The smallest absolute Gasteiger partial charge is 0.225 e. The van der Waals surface area contributed by atoms with Crippen LogP contribution in [0.15, 0.2) is 0 Å². The molecule has 2 N–H and O–H groups in total. The summed E-state index contributed by atoms with van der Waals surface area (Å²) in [7, 11) is 0. The van der Waals surface area contributed by atoms with Crippen LogP contribution < -0.4 is 10.6 Å². The molecular weight excluding hydrogens is 266 g/mol. The van der Waals surface area contributed by atoms with Gasteiger partial charge in [0, 0.05) is 37.5 Å². The maximum Gasteiger partial charge on any atom is 0.225 e. The van der Waals surface area contributed by atoms with Crippen molar-refractivity contribution in [3.05, 3.63) is 0 Å². The Hall–Kier alpha value is -1.10. The van der Waals surface area contributed by atoms with Crippen LogP contribution in [0.25, 0.3) is 0 Å². The van der Waals surface area contributed by atoms with Crippen molar-refractivity contribution >= 4 is 11.8 Å². The highest BCUT2D eigenvalue weighted by Crippen LogP contribution is 2.21. The average Bonchev–Trinajstić information content (AvgIpc) is 2.47. The maximum absolute atomic E-state index is 12.6. The Kier molecular flexibility index (Phi) is 6.03. The SMILES string of the molecule is CCCC(=O)NC1CCCN(C(=O)[C@H]2CCN[C@@H](C)C2)C1. The fourth-order valence-electron chi connectivity index (χ4n) is 3.44. The van der Waals surface area contributed by atoms with E-state index in [1.807, 2.05) is 11.8 Å². The van der Waals surface area contributed by atoms with Gasteiger partial charge in [-0.15, -0.1) is 0 Å². The molecule has 2 aliphatic heterocycles. The van der Waals surface area contributed by atoms with Gasteiger partial charge >= 0.3 is 0 Å². The zero-order valence-electron chi connectivity index (χ0n) is 13.4. The number of amides is 2. The van der Waals surface area contributed by atoms with Gasteiger partial charge in [0.25, 0.3) is 0 Å². The molecule has 1 unspecified atom stereocenters. The lowest BCUT2D eigenvalue weighted by Gasteiger charge is -2.37. The van der Waals surface area contributed by atoms with Crippen LogP contribution in [0, 0.1) is 5.92 Å². The van der Waals surface area contributed by atoms with Crippen LogP contribution in [0.2, 0.25) is 0 Å². The van der Waals surface area contributed by atoms with Crippen molar-refractivity contribution in [3.8, 4) is 0 Å². The number of hydrogen-bond acceptors (Lipinski definition) is 3. The number of carbonyl (C=O) groups is 2. The van der Waals surface area contributed by atoms with E-state index in [0.717, 1.165) is 45.2 Å². The molecule has 0 bridgehead atoms. The molecule has 2 aliphatic rings. The van der Waals surface area contributed by atoms with E-state index in [1.165, 1.54) is 0 Å². The highest BCUT2D eigenvalue weighted by Gasteiger charge is 2.31. The molecular formula is C16H29N3O2. The van der Waals surface area contributed by atoms with Gasteiger partial charge in [-0.25, -0.2) is 0 Å². The van der Waals surface area contributed by atoms with Crippen molar-refractivity contribution in [2.45, 2.75) is 64.5 Å². The maximum atomic E-state index is 12.6. The van der Waals surface area contributed by atoms with E-state index in [1.54, 1.807) is 0 Å². The van der Waals surface area contributed by atoms with Crippen molar-refractivity contribution in [2.75, 3.05) is 19.6 Å². The Balaban J connectivity index is 1.85. The molecule has 2 amide bonds. The average molecular weight is 295 g/mol. The highest BCUT2D eigenvalue weighted by molar-refractivity contribution is 5.79. The summed E-state index contributed by atoms with van der Waals surface area (Å²) in [6, 6.07) is 0.568. The molecule has 0 aromatic carbocycles. The van der Waals surface area contributed by atoms with Crippen LogP contribution in [-0.2, 0) is 9.59 Å². The summed E-state index contributed by atoms with van der Waals surface area (Å²) in [4.78, 5) is 26.3. The number of likely N-dealkylation sites (tertiary alicyclic amines) is 1. The van der Waals surface area contributed by atoms with Crippen LogP contribution in [0.5, 0.6) is 0 Å². The minimum atomic E-state index is 0.118. The molecule has 0 radical (unpaired) electrons. The Morgan fingerprint density at radius 3 is 2.86 bits per heavy atom. The fourth-order valence-corrected chi connectivity index (χ4v) is 3.44. The third kappa shape index (κ3) is 4.70. The molecule has 2 heterocycles. The second kappa shape index (κ2) is 7.78. The summed E-state index contributed by atoms with van der Waals surface area (Å²) in [6.45, 7) is 6.62. The Morgan fingerprint density at radius 1 is 1.33 bits per heavy atom. The molecule has 0 aromatic heterocycles. The third-order valence-corrected chi connectivity index (χ3v) is 4.55. The first kappa shape index (κ1) is 16.3. The minimum Gasteiger partial charge on any atom is -0.352 e. The number of nitrogens with one attached hydrogen (secondary N) is 2. The molecule has 0 saturated carbocycles. The third-order valence-electron chi connectivity index (χ3n) is 4.55. The van der Waals surface area contributed by atoms with Gasteiger partial charge in [0.1, 0.15) is 0 Å². The highest BCUT2D eigenvalue weighted by atomic mass is 16.2. The molecule has 2 fully saturated rings. The van der Waals surface area contributed by atoms with Gasteiger partial charge in [-0.2, -0.15) is 0 Å². The molecule has 21 heavy (non-hydrogen) atoms. The predicted octanol–water partition coefficient (Wildman–Crippen LogP) is 1.28. The van der Waals surface area contributed by atoms with Crippen LogP contribution in [0.4, 0.5) is 0 Å². The molecule has 2 rings (SSSR count). The van der Waals surface area contributed by atoms with Gasteiger partial charge in [0.15, 0.2) is 0 Å². The molecule has 0 spiro atoms. The van der Waals surface area contributed by atoms with E-state index in [4.69, 9.17) is 0 Å². The number of carbonyl (C=O) groups excluding carboxylic acids is 2. The van der Waals surface area contributed by atoms with E-state index in [-0.39, 0.29) is 23.8 Å². The summed E-state index contributed by atoms with van der Waals surface area (Å²) in [5, 5.41) is 6.46. The quantitative estimate of drug-likeness (QED) is 0.821. The topological polar surface area (TPSA) is 61.4 Å². The zero-order chi connectivity index (χ0) is 15.2. The van der Waals surface area contributed by atoms with Crippen LogP contribution >= 0.6 is 0 Å². The van der Waals surface area contributed by atoms with Crippen molar-refractivity contribution in [2.24, 2.45) is 5.92 Å². The molecule has 5 nitrogen and oxygen atoms in total. The standard InChI is InChI=1S/C16H29N3O2/c1-3-5-15(20)18-14-6-4-9-19(11-14)16(21)13-7-8-17-12(2)10-13/h12-14,17H,3-11H2,1-2H3,(H,18,20)/t12-,13-,14?/m0/s1. The monoisotopic (exact) mass is 295 g/mol. The van der Waals surface area contributed by atoms with Gasteiger partial charge in [0.2, 0.25) is 11.8 Å². The van der Waals surface area contributed by atoms with E-state index < -0.39 is 0 Å². The molecule has 3 atom stereocenters. The van der Waals surface area contributed by atoms with Crippen LogP contribution in [-0.4, -0.2) is 48.4 Å².